The van der Waals surface area contributed by atoms with Crippen molar-refractivity contribution in [1.29, 1.82) is 0 Å². The first-order chi connectivity index (χ1) is 5.08. The van der Waals surface area contributed by atoms with Crippen molar-refractivity contribution in [3.05, 3.63) is 35.4 Å². The van der Waals surface area contributed by atoms with E-state index in [2.05, 4.69) is 16.2 Å². The van der Waals surface area contributed by atoms with Crippen LogP contribution in [0.15, 0.2) is 35.4 Å². The summed E-state index contributed by atoms with van der Waals surface area (Å²) >= 11 is 0. The van der Waals surface area contributed by atoms with Crippen molar-refractivity contribution in [2.75, 3.05) is 0 Å². The minimum atomic E-state index is -4.65. The summed E-state index contributed by atoms with van der Waals surface area (Å²) < 4.78 is 38.0. The average Bonchev–Trinajstić information content (AvgIpc) is 1.85. The standard InChI is InChI=1S/C7H3F3O/c8-7(9,10)11-6-4-2-1-3-5-6/h1-2,4H. The second kappa shape index (κ2) is 2.70. The lowest BCUT2D eigenvalue weighted by molar-refractivity contribution is -0.303. The Morgan fingerprint density at radius 3 is 2.55 bits per heavy atom. The van der Waals surface area contributed by atoms with E-state index in [-0.39, 0.29) is 5.76 Å². The van der Waals surface area contributed by atoms with Crippen LogP contribution in [0, 0.1) is 0 Å². The van der Waals surface area contributed by atoms with E-state index in [1.54, 1.807) is 0 Å². The molecule has 0 saturated carbocycles. The molecule has 0 bridgehead atoms. The smallest absolute Gasteiger partial charge is 0.397 e. The molecule has 0 aromatic heterocycles. The Bertz CT molecular complexity index is 273. The molecule has 0 saturated heterocycles. The number of halogens is 3. The zero-order valence-corrected chi connectivity index (χ0v) is 5.27. The van der Waals surface area contributed by atoms with E-state index < -0.39 is 6.36 Å². The Morgan fingerprint density at radius 1 is 1.36 bits per heavy atom. The quantitative estimate of drug-likeness (QED) is 0.534. The summed E-state index contributed by atoms with van der Waals surface area (Å²) in [4.78, 5) is 0. The van der Waals surface area contributed by atoms with Crippen molar-refractivity contribution in [2.45, 2.75) is 6.36 Å². The van der Waals surface area contributed by atoms with Gasteiger partial charge in [-0.2, -0.15) is 0 Å². The van der Waals surface area contributed by atoms with Gasteiger partial charge in [0, 0.05) is 0 Å². The first-order valence-corrected chi connectivity index (χ1v) is 2.72. The molecule has 1 nitrogen and oxygen atoms in total. The molecule has 4 heteroatoms. The van der Waals surface area contributed by atoms with Crippen molar-refractivity contribution in [3.8, 4) is 0 Å². The van der Waals surface area contributed by atoms with Gasteiger partial charge < -0.3 is 4.74 Å². The summed E-state index contributed by atoms with van der Waals surface area (Å²) in [5.74, 6) is -0.375. The van der Waals surface area contributed by atoms with Crippen LogP contribution in [0.25, 0.3) is 0 Å². The Morgan fingerprint density at radius 2 is 2.09 bits per heavy atom. The average molecular weight is 160 g/mol. The maximum Gasteiger partial charge on any atom is 0.573 e. The maximum absolute atomic E-state index is 11.5. The second-order valence-electron chi connectivity index (χ2n) is 1.71. The zero-order chi connectivity index (χ0) is 8.32. The van der Waals surface area contributed by atoms with Gasteiger partial charge in [0.05, 0.1) is 0 Å². The predicted molar refractivity (Wildman–Crippen MR) is 31.4 cm³/mol. The molecule has 1 rings (SSSR count). The molecule has 1 aliphatic carbocycles. The summed E-state index contributed by atoms with van der Waals surface area (Å²) in [7, 11) is 0. The molecular formula is C7H3F3O. The fraction of sp³-hybridized carbons (Fsp3) is 0.143. The van der Waals surface area contributed by atoms with E-state index in [1.165, 1.54) is 12.2 Å². The normalized spacial score (nSPS) is 15.0. The van der Waals surface area contributed by atoms with Gasteiger partial charge in [-0.05, 0) is 24.0 Å². The Labute approximate surface area is 60.8 Å². The highest BCUT2D eigenvalue weighted by atomic mass is 19.4. The highest BCUT2D eigenvalue weighted by Crippen LogP contribution is 2.20. The van der Waals surface area contributed by atoms with Crippen LogP contribution in [0.1, 0.15) is 0 Å². The fourth-order valence-corrected chi connectivity index (χ4v) is 0.522. The molecule has 0 spiro atoms. The van der Waals surface area contributed by atoms with Crippen LogP contribution in [0.4, 0.5) is 13.2 Å². The molecule has 11 heavy (non-hydrogen) atoms. The molecule has 0 N–H and O–H groups in total. The summed E-state index contributed by atoms with van der Waals surface area (Å²) in [5.41, 5.74) is 4.49. The molecule has 58 valence electrons. The van der Waals surface area contributed by atoms with E-state index in [9.17, 15) is 13.2 Å². The van der Waals surface area contributed by atoms with Crippen molar-refractivity contribution >= 4 is 0 Å². The number of ether oxygens (including phenoxy) is 1. The molecular weight excluding hydrogens is 157 g/mol. The molecule has 0 unspecified atom stereocenters. The minimum Gasteiger partial charge on any atom is -0.397 e. The first kappa shape index (κ1) is 7.73. The highest BCUT2D eigenvalue weighted by Gasteiger charge is 2.31. The number of alkyl halides is 3. The summed E-state index contributed by atoms with van der Waals surface area (Å²) in [6, 6.07) is 0. The predicted octanol–water partition coefficient (Wildman–Crippen LogP) is 2.29. The second-order valence-corrected chi connectivity index (χ2v) is 1.71. The summed E-state index contributed by atoms with van der Waals surface area (Å²) in [6.45, 7) is 0. The van der Waals surface area contributed by atoms with E-state index in [0.29, 0.717) is 0 Å². The van der Waals surface area contributed by atoms with Gasteiger partial charge in [-0.15, -0.1) is 13.2 Å². The van der Waals surface area contributed by atoms with Gasteiger partial charge in [0.1, 0.15) is 0 Å². The molecule has 0 aromatic rings. The van der Waals surface area contributed by atoms with Gasteiger partial charge in [-0.25, -0.2) is 0 Å². The molecule has 0 radical (unpaired) electrons. The fourth-order valence-electron chi connectivity index (χ4n) is 0.522. The topological polar surface area (TPSA) is 9.23 Å². The van der Waals surface area contributed by atoms with E-state index in [4.69, 9.17) is 0 Å². The Balaban J connectivity index is 2.72. The largest absolute Gasteiger partial charge is 0.573 e. The lowest BCUT2D eigenvalue weighted by Crippen LogP contribution is -2.11. The van der Waals surface area contributed by atoms with Crippen LogP contribution < -0.4 is 0 Å². The highest BCUT2D eigenvalue weighted by molar-refractivity contribution is 5.21. The monoisotopic (exact) mass is 160 g/mol. The first-order valence-electron chi connectivity index (χ1n) is 2.72. The van der Waals surface area contributed by atoms with Crippen molar-refractivity contribution in [3.63, 3.8) is 0 Å². The molecule has 0 aromatic carbocycles. The third kappa shape index (κ3) is 2.80. The maximum atomic E-state index is 11.5. The number of rotatable bonds is 1. The lowest BCUT2D eigenvalue weighted by atomic mass is 10.3. The summed E-state index contributed by atoms with van der Waals surface area (Å²) in [6.07, 6.45) is -0.670. The number of hydrogen-bond acceptors (Lipinski definition) is 1. The van der Waals surface area contributed by atoms with Gasteiger partial charge in [-0.1, -0.05) is 5.73 Å². The van der Waals surface area contributed by atoms with Crippen molar-refractivity contribution in [1.82, 2.24) is 0 Å². The number of allylic oxidation sites excluding steroid dienone is 3. The van der Waals surface area contributed by atoms with Crippen LogP contribution in [0.5, 0.6) is 0 Å². The molecule has 0 fully saturated rings. The summed E-state index contributed by atoms with van der Waals surface area (Å²) in [5, 5.41) is 0. The molecule has 0 atom stereocenters. The van der Waals surface area contributed by atoms with Gasteiger partial charge in [0.15, 0.2) is 5.76 Å². The van der Waals surface area contributed by atoms with E-state index in [1.807, 2.05) is 0 Å². The van der Waals surface area contributed by atoms with Gasteiger partial charge >= 0.3 is 6.36 Å². The van der Waals surface area contributed by atoms with Crippen LogP contribution in [-0.4, -0.2) is 6.36 Å². The van der Waals surface area contributed by atoms with E-state index in [0.717, 1.165) is 6.08 Å². The molecule has 0 aliphatic heterocycles. The van der Waals surface area contributed by atoms with Gasteiger partial charge in [0.2, 0.25) is 0 Å². The molecule has 0 heterocycles. The lowest BCUT2D eigenvalue weighted by Gasteiger charge is -2.06. The van der Waals surface area contributed by atoms with Crippen molar-refractivity contribution in [2.24, 2.45) is 0 Å². The van der Waals surface area contributed by atoms with Crippen LogP contribution in [0.2, 0.25) is 0 Å². The zero-order valence-electron chi connectivity index (χ0n) is 5.27. The molecule has 0 amide bonds. The van der Waals surface area contributed by atoms with Crippen LogP contribution >= 0.6 is 0 Å². The SMILES string of the molecule is FC(F)(F)OC1=C=C=CC=C1. The third-order valence-corrected chi connectivity index (χ3v) is 0.848. The van der Waals surface area contributed by atoms with Gasteiger partial charge in [-0.3, -0.25) is 0 Å². The van der Waals surface area contributed by atoms with Crippen LogP contribution in [-0.2, 0) is 4.74 Å². The molecule has 1 aliphatic rings. The van der Waals surface area contributed by atoms with Gasteiger partial charge in [0.25, 0.3) is 0 Å². The number of hydrogen-bond donors (Lipinski definition) is 0. The van der Waals surface area contributed by atoms with Crippen molar-refractivity contribution < 1.29 is 17.9 Å². The third-order valence-electron chi connectivity index (χ3n) is 0.848. The minimum absolute atomic E-state index is 0.375. The Kier molecular flexibility index (Phi) is 1.90. The Hall–Kier alpha value is -1.37. The van der Waals surface area contributed by atoms with Crippen LogP contribution in [0.3, 0.4) is 0 Å². The van der Waals surface area contributed by atoms with E-state index >= 15 is 0 Å².